The lowest BCUT2D eigenvalue weighted by Crippen LogP contribution is -2.61. The Labute approximate surface area is 125 Å². The van der Waals surface area contributed by atoms with Gasteiger partial charge in [0.05, 0.1) is 4.88 Å². The van der Waals surface area contributed by atoms with Gasteiger partial charge in [-0.2, -0.15) is 0 Å². The molecule has 0 radical (unpaired) electrons. The molecule has 2 fully saturated rings. The number of nitrogens with zero attached hydrogens (tertiary/aromatic N) is 2. The summed E-state index contributed by atoms with van der Waals surface area (Å²) in [5, 5.41) is 2.13. The molecule has 0 N–H and O–H groups in total. The third-order valence-electron chi connectivity index (χ3n) is 4.67. The quantitative estimate of drug-likeness (QED) is 0.797. The van der Waals surface area contributed by atoms with E-state index in [1.165, 1.54) is 44.5 Å². The van der Waals surface area contributed by atoms with Crippen LogP contribution >= 0.6 is 11.3 Å². The maximum atomic E-state index is 11.3. The van der Waals surface area contributed by atoms with Crippen LogP contribution in [0, 0.1) is 0 Å². The van der Waals surface area contributed by atoms with Crippen LogP contribution in [0.3, 0.4) is 0 Å². The lowest BCUT2D eigenvalue weighted by molar-refractivity contribution is -0.00615. The molecule has 110 valence electrons. The van der Waals surface area contributed by atoms with Crippen molar-refractivity contribution in [3.05, 3.63) is 21.9 Å². The molecule has 1 atom stereocenters. The highest BCUT2D eigenvalue weighted by atomic mass is 32.1. The first-order chi connectivity index (χ1) is 9.63. The number of hydrogen-bond donors (Lipinski definition) is 0. The van der Waals surface area contributed by atoms with Gasteiger partial charge >= 0.3 is 0 Å². The van der Waals surface area contributed by atoms with E-state index >= 15 is 0 Å². The number of carbonyl (C=O) groups excluding carboxylic acids is 1. The number of rotatable bonds is 4. The van der Waals surface area contributed by atoms with E-state index in [1.54, 1.807) is 18.3 Å². The number of carbonyl (C=O) groups is 1. The van der Waals surface area contributed by atoms with Crippen molar-refractivity contribution in [1.29, 1.82) is 0 Å². The molecule has 1 unspecified atom stereocenters. The number of likely N-dealkylation sites (tertiary alicyclic amines) is 2. The summed E-state index contributed by atoms with van der Waals surface area (Å²) >= 11 is 1.58. The van der Waals surface area contributed by atoms with E-state index in [2.05, 4.69) is 28.2 Å². The Kier molecular flexibility index (Phi) is 4.24. The van der Waals surface area contributed by atoms with Crippen LogP contribution in [0.1, 0.15) is 48.3 Å². The van der Waals surface area contributed by atoms with Gasteiger partial charge < -0.3 is 0 Å². The van der Waals surface area contributed by atoms with E-state index in [0.29, 0.717) is 0 Å². The van der Waals surface area contributed by atoms with Crippen LogP contribution in [0.4, 0.5) is 0 Å². The Morgan fingerprint density at radius 2 is 2.20 bits per heavy atom. The first-order valence-electron chi connectivity index (χ1n) is 7.70. The van der Waals surface area contributed by atoms with Crippen molar-refractivity contribution in [2.45, 2.75) is 51.7 Å². The highest BCUT2D eigenvalue weighted by molar-refractivity contribution is 7.12. The minimum absolute atomic E-state index is 0.185. The number of Topliss-reactive ketones (excluding diaryl/α,β-unsaturated/α-hetero) is 1. The molecule has 2 aliphatic heterocycles. The van der Waals surface area contributed by atoms with Gasteiger partial charge in [-0.05, 0) is 50.2 Å². The molecule has 3 nitrogen and oxygen atoms in total. The number of piperidine rings is 1. The summed E-state index contributed by atoms with van der Waals surface area (Å²) in [6, 6.07) is 3.58. The van der Waals surface area contributed by atoms with Crippen LogP contribution in [0.15, 0.2) is 11.4 Å². The van der Waals surface area contributed by atoms with Gasteiger partial charge in [0.25, 0.3) is 0 Å². The smallest absolute Gasteiger partial charge is 0.169 e. The molecule has 0 amide bonds. The van der Waals surface area contributed by atoms with Crippen molar-refractivity contribution in [3.8, 4) is 0 Å². The molecule has 2 aliphatic rings. The topological polar surface area (TPSA) is 23.6 Å². The number of ketones is 1. The van der Waals surface area contributed by atoms with E-state index in [0.717, 1.165) is 23.5 Å². The molecule has 0 bridgehead atoms. The second-order valence-electron chi connectivity index (χ2n) is 6.31. The summed E-state index contributed by atoms with van der Waals surface area (Å²) in [4.78, 5) is 17.4. The minimum Gasteiger partial charge on any atom is -0.296 e. The lowest BCUT2D eigenvalue weighted by atomic mass is 9.97. The maximum Gasteiger partial charge on any atom is 0.169 e. The predicted molar refractivity (Wildman–Crippen MR) is 83.4 cm³/mol. The summed E-state index contributed by atoms with van der Waals surface area (Å²) in [5.74, 6) is 0.185. The molecule has 0 aliphatic carbocycles. The average molecular weight is 292 g/mol. The zero-order chi connectivity index (χ0) is 14.1. The maximum absolute atomic E-state index is 11.3. The summed E-state index contributed by atoms with van der Waals surface area (Å²) in [5.41, 5.74) is 1.30. The predicted octanol–water partition coefficient (Wildman–Crippen LogP) is 3.01. The fourth-order valence-electron chi connectivity index (χ4n) is 3.45. The Hall–Kier alpha value is -0.710. The minimum atomic E-state index is 0.185. The van der Waals surface area contributed by atoms with Crippen molar-refractivity contribution in [1.82, 2.24) is 9.80 Å². The third kappa shape index (κ3) is 2.97. The fourth-order valence-corrected chi connectivity index (χ4v) is 4.25. The first-order valence-corrected chi connectivity index (χ1v) is 8.58. The van der Waals surface area contributed by atoms with E-state index in [4.69, 9.17) is 0 Å². The van der Waals surface area contributed by atoms with Gasteiger partial charge in [0.2, 0.25) is 0 Å². The van der Waals surface area contributed by atoms with Crippen LogP contribution in [0.25, 0.3) is 0 Å². The summed E-state index contributed by atoms with van der Waals surface area (Å²) in [7, 11) is 0. The molecular weight excluding hydrogens is 268 g/mol. The average Bonchev–Trinajstić information content (AvgIpc) is 2.83. The molecule has 3 heterocycles. The highest BCUT2D eigenvalue weighted by Crippen LogP contribution is 2.26. The summed E-state index contributed by atoms with van der Waals surface area (Å²) in [6.45, 7) is 8.69. The molecule has 1 aromatic rings. The molecule has 2 saturated heterocycles. The Bertz CT molecular complexity index is 479. The van der Waals surface area contributed by atoms with Crippen LogP contribution < -0.4 is 0 Å². The van der Waals surface area contributed by atoms with Gasteiger partial charge in [-0.15, -0.1) is 11.3 Å². The third-order valence-corrected chi connectivity index (χ3v) is 5.75. The Balaban J connectivity index is 1.49. The molecule has 1 aromatic heterocycles. The highest BCUT2D eigenvalue weighted by Gasteiger charge is 2.34. The van der Waals surface area contributed by atoms with Gasteiger partial charge in [0.1, 0.15) is 0 Å². The van der Waals surface area contributed by atoms with Gasteiger partial charge in [-0.1, -0.05) is 6.42 Å². The standard InChI is InChI=1S/C16H24N2OS/c1-12-5-3-4-6-18(12)15-9-17(10-15)8-14-7-16(13(2)19)20-11-14/h7,11-12,15H,3-6,8-10H2,1-2H3. The van der Waals surface area contributed by atoms with Crippen LogP contribution in [0.5, 0.6) is 0 Å². The van der Waals surface area contributed by atoms with E-state index in [1.807, 2.05) is 0 Å². The molecular formula is C16H24N2OS. The molecule has 0 saturated carbocycles. The molecule has 20 heavy (non-hydrogen) atoms. The van der Waals surface area contributed by atoms with Gasteiger partial charge in [0, 0.05) is 31.7 Å². The lowest BCUT2D eigenvalue weighted by Gasteiger charge is -2.49. The van der Waals surface area contributed by atoms with Crippen LogP contribution in [-0.4, -0.2) is 47.3 Å². The van der Waals surface area contributed by atoms with Gasteiger partial charge in [-0.3, -0.25) is 14.6 Å². The SMILES string of the molecule is CC(=O)c1cc(CN2CC(N3CCCCC3C)C2)cs1. The van der Waals surface area contributed by atoms with Crippen LogP contribution in [0.2, 0.25) is 0 Å². The monoisotopic (exact) mass is 292 g/mol. The van der Waals surface area contributed by atoms with Crippen LogP contribution in [-0.2, 0) is 6.54 Å². The van der Waals surface area contributed by atoms with E-state index in [9.17, 15) is 4.79 Å². The Morgan fingerprint density at radius 1 is 1.40 bits per heavy atom. The van der Waals surface area contributed by atoms with Crippen molar-refractivity contribution in [2.24, 2.45) is 0 Å². The molecule has 0 spiro atoms. The number of hydrogen-bond acceptors (Lipinski definition) is 4. The van der Waals surface area contributed by atoms with E-state index < -0.39 is 0 Å². The van der Waals surface area contributed by atoms with Gasteiger partial charge in [-0.25, -0.2) is 0 Å². The molecule has 0 aromatic carbocycles. The summed E-state index contributed by atoms with van der Waals surface area (Å²) in [6.07, 6.45) is 4.13. The first kappa shape index (κ1) is 14.2. The fraction of sp³-hybridized carbons (Fsp3) is 0.688. The van der Waals surface area contributed by atoms with Gasteiger partial charge in [0.15, 0.2) is 5.78 Å². The molecule has 4 heteroatoms. The molecule has 3 rings (SSSR count). The Morgan fingerprint density at radius 3 is 2.85 bits per heavy atom. The van der Waals surface area contributed by atoms with Crippen molar-refractivity contribution < 1.29 is 4.79 Å². The zero-order valence-electron chi connectivity index (χ0n) is 12.5. The largest absolute Gasteiger partial charge is 0.296 e. The second kappa shape index (κ2) is 5.96. The van der Waals surface area contributed by atoms with Crippen molar-refractivity contribution >= 4 is 17.1 Å². The number of thiophene rings is 1. The van der Waals surface area contributed by atoms with Crippen molar-refractivity contribution in [3.63, 3.8) is 0 Å². The van der Waals surface area contributed by atoms with E-state index in [-0.39, 0.29) is 5.78 Å². The zero-order valence-corrected chi connectivity index (χ0v) is 13.3. The van der Waals surface area contributed by atoms with Crippen molar-refractivity contribution in [2.75, 3.05) is 19.6 Å². The normalized spacial score (nSPS) is 25.6. The second-order valence-corrected chi connectivity index (χ2v) is 7.22. The summed E-state index contributed by atoms with van der Waals surface area (Å²) < 4.78 is 0.